The molecule has 42 heavy (non-hydrogen) atoms. The van der Waals surface area contributed by atoms with Crippen LogP contribution in [0.1, 0.15) is 90.9 Å². The second-order valence-electron chi connectivity index (χ2n) is 11.3. The van der Waals surface area contributed by atoms with Crippen LogP contribution in [0.25, 0.3) is 11.1 Å². The molecule has 4 aromatic rings. The normalized spacial score (nSPS) is 11.0. The number of unbranched alkanes of at least 4 members (excludes halogenated alkanes) is 10. The van der Waals surface area contributed by atoms with Crippen LogP contribution in [-0.4, -0.2) is 0 Å². The number of nitrogens with zero attached hydrogens (tertiary/aromatic N) is 2. The third kappa shape index (κ3) is 11.0. The second kappa shape index (κ2) is 18.0. The van der Waals surface area contributed by atoms with Gasteiger partial charge in [0, 0.05) is 37.1 Å². The standard InChI is InChI=1S/C38H50N2O2/c1-3-5-7-9-11-13-27-39-29-23-37(24-30-39)41-35-19-15-33(16-20-35)34-17-21-36(22-18-34)42-38-25-31-40(32-26-38)28-14-12-10-8-6-4-2/h15-26,29-32H,3-14,27-28H2,1-2H3/q+2. The van der Waals surface area contributed by atoms with Gasteiger partial charge in [0.1, 0.15) is 36.1 Å². The number of aromatic nitrogens is 2. The summed E-state index contributed by atoms with van der Waals surface area (Å²) in [6.07, 6.45) is 24.3. The van der Waals surface area contributed by atoms with Gasteiger partial charge < -0.3 is 9.47 Å². The van der Waals surface area contributed by atoms with Crippen LogP contribution in [0.3, 0.4) is 0 Å². The molecule has 0 aliphatic rings. The average molecular weight is 567 g/mol. The quantitative estimate of drug-likeness (QED) is 0.0833. The molecular weight excluding hydrogens is 516 g/mol. The van der Waals surface area contributed by atoms with Gasteiger partial charge in [0.15, 0.2) is 24.8 Å². The number of rotatable bonds is 19. The fourth-order valence-electron chi connectivity index (χ4n) is 5.17. The molecule has 0 unspecified atom stereocenters. The van der Waals surface area contributed by atoms with Crippen molar-refractivity contribution in [3.8, 4) is 34.1 Å². The van der Waals surface area contributed by atoms with E-state index >= 15 is 0 Å². The van der Waals surface area contributed by atoms with Crippen LogP contribution in [0.5, 0.6) is 23.0 Å². The first-order valence-electron chi connectivity index (χ1n) is 16.3. The van der Waals surface area contributed by atoms with Crippen LogP contribution in [0.4, 0.5) is 0 Å². The first kappa shape index (κ1) is 31.3. The lowest BCUT2D eigenvalue weighted by Gasteiger charge is -2.08. The number of hydrogen-bond donors (Lipinski definition) is 0. The molecule has 0 saturated heterocycles. The van der Waals surface area contributed by atoms with Crippen molar-refractivity contribution in [2.24, 2.45) is 0 Å². The summed E-state index contributed by atoms with van der Waals surface area (Å²) in [6, 6.07) is 24.7. The van der Waals surface area contributed by atoms with E-state index in [0.717, 1.165) is 47.2 Å². The predicted molar refractivity (Wildman–Crippen MR) is 172 cm³/mol. The molecule has 0 saturated carbocycles. The van der Waals surface area contributed by atoms with Gasteiger partial charge in [-0.05, 0) is 48.2 Å². The Morgan fingerprint density at radius 2 is 0.690 bits per heavy atom. The van der Waals surface area contributed by atoms with E-state index in [0.29, 0.717) is 0 Å². The van der Waals surface area contributed by atoms with Crippen molar-refractivity contribution in [1.29, 1.82) is 0 Å². The third-order valence-electron chi connectivity index (χ3n) is 7.77. The van der Waals surface area contributed by atoms with Crippen LogP contribution >= 0.6 is 0 Å². The first-order valence-corrected chi connectivity index (χ1v) is 16.3. The van der Waals surface area contributed by atoms with Crippen molar-refractivity contribution >= 4 is 0 Å². The fraction of sp³-hybridized carbons (Fsp3) is 0.421. The smallest absolute Gasteiger partial charge is 0.172 e. The van der Waals surface area contributed by atoms with Gasteiger partial charge in [0.2, 0.25) is 0 Å². The SMILES string of the molecule is CCCCCCCC[n+]1ccc(Oc2ccc(-c3ccc(Oc4cc[n+](CCCCCCCC)cc4)cc3)cc2)cc1. The first-order chi connectivity index (χ1) is 20.7. The molecule has 0 N–H and O–H groups in total. The lowest BCUT2D eigenvalue weighted by atomic mass is 10.1. The molecule has 0 bridgehead atoms. The molecule has 0 aliphatic heterocycles. The van der Waals surface area contributed by atoms with E-state index in [1.54, 1.807) is 0 Å². The molecule has 0 fully saturated rings. The number of aryl methyl sites for hydroxylation is 2. The number of ether oxygens (including phenoxy) is 2. The maximum absolute atomic E-state index is 6.09. The van der Waals surface area contributed by atoms with Crippen molar-refractivity contribution in [1.82, 2.24) is 0 Å². The van der Waals surface area contributed by atoms with Crippen LogP contribution in [-0.2, 0) is 13.1 Å². The summed E-state index contributed by atoms with van der Waals surface area (Å²) >= 11 is 0. The Kier molecular flexibility index (Phi) is 13.4. The summed E-state index contributed by atoms with van der Waals surface area (Å²) < 4.78 is 16.7. The Morgan fingerprint density at radius 1 is 0.381 bits per heavy atom. The van der Waals surface area contributed by atoms with Gasteiger partial charge in [-0.1, -0.05) is 89.5 Å². The molecule has 0 amide bonds. The monoisotopic (exact) mass is 566 g/mol. The molecule has 2 aromatic carbocycles. The Labute approximate surface area is 254 Å². The highest BCUT2D eigenvalue weighted by atomic mass is 16.5. The summed E-state index contributed by atoms with van der Waals surface area (Å²) in [6.45, 7) is 6.66. The summed E-state index contributed by atoms with van der Waals surface area (Å²) in [5, 5.41) is 0. The Hall–Kier alpha value is -3.66. The average Bonchev–Trinajstić information content (AvgIpc) is 3.03. The molecule has 0 atom stereocenters. The van der Waals surface area contributed by atoms with E-state index in [1.165, 1.54) is 77.0 Å². The Bertz CT molecular complexity index is 1160. The fourth-order valence-corrected chi connectivity index (χ4v) is 5.17. The zero-order chi connectivity index (χ0) is 29.2. The second-order valence-corrected chi connectivity index (χ2v) is 11.3. The Balaban J connectivity index is 1.20. The molecule has 4 rings (SSSR count). The topological polar surface area (TPSA) is 26.2 Å². The van der Waals surface area contributed by atoms with Crippen molar-refractivity contribution in [2.75, 3.05) is 0 Å². The minimum Gasteiger partial charge on any atom is -0.457 e. The van der Waals surface area contributed by atoms with Gasteiger partial charge in [-0.25, -0.2) is 9.13 Å². The van der Waals surface area contributed by atoms with Crippen LogP contribution < -0.4 is 18.6 Å². The van der Waals surface area contributed by atoms with Crippen LogP contribution in [0.15, 0.2) is 97.6 Å². The molecule has 0 radical (unpaired) electrons. The highest BCUT2D eigenvalue weighted by Crippen LogP contribution is 2.28. The van der Waals surface area contributed by atoms with E-state index in [9.17, 15) is 0 Å². The van der Waals surface area contributed by atoms with Crippen LogP contribution in [0, 0.1) is 0 Å². The highest BCUT2D eigenvalue weighted by molar-refractivity contribution is 5.65. The maximum Gasteiger partial charge on any atom is 0.172 e. The summed E-state index contributed by atoms with van der Waals surface area (Å²) in [5.41, 5.74) is 2.29. The number of benzene rings is 2. The molecule has 4 nitrogen and oxygen atoms in total. The molecule has 2 aromatic heterocycles. The molecule has 222 valence electrons. The van der Waals surface area contributed by atoms with Gasteiger partial charge in [-0.15, -0.1) is 0 Å². The Morgan fingerprint density at radius 3 is 1.05 bits per heavy atom. The number of hydrogen-bond acceptors (Lipinski definition) is 2. The largest absolute Gasteiger partial charge is 0.457 e. The molecule has 2 heterocycles. The molecular formula is C38H50N2O2+2. The molecule has 0 spiro atoms. The van der Waals surface area contributed by atoms with Crippen molar-refractivity contribution < 1.29 is 18.6 Å². The van der Waals surface area contributed by atoms with Gasteiger partial charge in [0.05, 0.1) is 0 Å². The lowest BCUT2D eigenvalue weighted by molar-refractivity contribution is -0.697. The minimum atomic E-state index is 0.838. The minimum absolute atomic E-state index is 0.838. The number of pyridine rings is 2. The van der Waals surface area contributed by atoms with Crippen molar-refractivity contribution in [2.45, 2.75) is 104 Å². The van der Waals surface area contributed by atoms with E-state index < -0.39 is 0 Å². The van der Waals surface area contributed by atoms with Gasteiger partial charge >= 0.3 is 0 Å². The van der Waals surface area contributed by atoms with Gasteiger partial charge in [-0.2, -0.15) is 0 Å². The van der Waals surface area contributed by atoms with Crippen LogP contribution in [0.2, 0.25) is 0 Å². The van der Waals surface area contributed by atoms with E-state index in [2.05, 4.69) is 72.0 Å². The maximum atomic E-state index is 6.09. The van der Waals surface area contributed by atoms with E-state index in [4.69, 9.17) is 9.47 Å². The molecule has 4 heteroatoms. The third-order valence-corrected chi connectivity index (χ3v) is 7.77. The van der Waals surface area contributed by atoms with Crippen molar-refractivity contribution in [3.63, 3.8) is 0 Å². The van der Waals surface area contributed by atoms with Gasteiger partial charge in [-0.3, -0.25) is 0 Å². The summed E-state index contributed by atoms with van der Waals surface area (Å²) in [7, 11) is 0. The zero-order valence-electron chi connectivity index (χ0n) is 25.8. The summed E-state index contributed by atoms with van der Waals surface area (Å²) in [5.74, 6) is 3.39. The van der Waals surface area contributed by atoms with E-state index in [1.807, 2.05) is 48.5 Å². The highest BCUT2D eigenvalue weighted by Gasteiger charge is 2.06. The molecule has 0 aliphatic carbocycles. The predicted octanol–water partition coefficient (Wildman–Crippen LogP) is 10.2. The summed E-state index contributed by atoms with van der Waals surface area (Å²) in [4.78, 5) is 0. The van der Waals surface area contributed by atoms with Crippen molar-refractivity contribution in [3.05, 3.63) is 97.6 Å². The lowest BCUT2D eigenvalue weighted by Crippen LogP contribution is -2.32. The van der Waals surface area contributed by atoms with Gasteiger partial charge in [0.25, 0.3) is 0 Å². The van der Waals surface area contributed by atoms with E-state index in [-0.39, 0.29) is 0 Å². The zero-order valence-corrected chi connectivity index (χ0v) is 25.8.